The number of aliphatic hydroxyl groups excluding tert-OH is 1. The fourth-order valence-corrected chi connectivity index (χ4v) is 4.77. The number of aromatic carboxylic acids is 1. The number of carbonyl (C=O) groups excluding carboxylic acids is 1. The lowest BCUT2D eigenvalue weighted by atomic mass is 9.87. The van der Waals surface area contributed by atoms with Gasteiger partial charge in [-0.1, -0.05) is 23.7 Å². The maximum atomic E-state index is 13.3. The van der Waals surface area contributed by atoms with Crippen LogP contribution in [0.1, 0.15) is 66.0 Å². The van der Waals surface area contributed by atoms with Crippen LogP contribution in [-0.4, -0.2) is 50.3 Å². The fraction of sp³-hybridized carbons (Fsp3) is 0.367. The minimum atomic E-state index is -1.13. The number of amides is 1. The number of carboxylic acid groups (broad SMARTS) is 1. The molecule has 0 spiro atoms. The Morgan fingerprint density at radius 3 is 2.49 bits per heavy atom. The van der Waals surface area contributed by atoms with E-state index < -0.39 is 23.8 Å². The highest BCUT2D eigenvalue weighted by Crippen LogP contribution is 2.32. The Kier molecular flexibility index (Phi) is 8.47. The summed E-state index contributed by atoms with van der Waals surface area (Å²) in [5.74, 6) is -0.235. The van der Waals surface area contributed by atoms with Gasteiger partial charge in [0.25, 0.3) is 0 Å². The highest BCUT2D eigenvalue weighted by atomic mass is 35.5. The second-order valence-electron chi connectivity index (χ2n) is 10.8. The van der Waals surface area contributed by atoms with Crippen LogP contribution in [-0.2, 0) is 17.6 Å². The van der Waals surface area contributed by atoms with E-state index in [2.05, 4.69) is 4.98 Å². The lowest BCUT2D eigenvalue weighted by molar-refractivity contribution is 0.00190. The number of aromatic nitrogens is 1. The van der Waals surface area contributed by atoms with Crippen molar-refractivity contribution in [3.8, 4) is 11.5 Å². The van der Waals surface area contributed by atoms with E-state index in [1.807, 2.05) is 58.0 Å². The molecule has 0 radical (unpaired) electrons. The Balaban J connectivity index is 1.56. The molecule has 9 heteroatoms. The first-order valence-corrected chi connectivity index (χ1v) is 13.2. The third-order valence-electron chi connectivity index (χ3n) is 6.54. The summed E-state index contributed by atoms with van der Waals surface area (Å²) in [6.07, 6.45) is 2.22. The summed E-state index contributed by atoms with van der Waals surface area (Å²) in [5.41, 5.74) is 2.90. The molecule has 1 aliphatic carbocycles. The van der Waals surface area contributed by atoms with Crippen LogP contribution in [0.3, 0.4) is 0 Å². The molecule has 2 N–H and O–H groups in total. The number of carboxylic acids is 1. The molecule has 1 amide bonds. The summed E-state index contributed by atoms with van der Waals surface area (Å²) in [6, 6.07) is 13.7. The molecule has 39 heavy (non-hydrogen) atoms. The van der Waals surface area contributed by atoms with Crippen LogP contribution < -0.4 is 4.74 Å². The molecule has 0 saturated heterocycles. The second kappa shape index (κ2) is 11.6. The Morgan fingerprint density at radius 2 is 1.82 bits per heavy atom. The number of hydrogen-bond acceptors (Lipinski definition) is 6. The molecular formula is C30H33ClN2O6. The lowest BCUT2D eigenvalue weighted by Gasteiger charge is -2.37. The summed E-state index contributed by atoms with van der Waals surface area (Å²) in [7, 11) is 0. The van der Waals surface area contributed by atoms with Crippen molar-refractivity contribution in [2.45, 2.75) is 64.7 Å². The first-order chi connectivity index (χ1) is 18.4. The van der Waals surface area contributed by atoms with Crippen LogP contribution in [0, 0.1) is 6.92 Å². The molecular weight excluding hydrogens is 520 g/mol. The fourth-order valence-electron chi connectivity index (χ4n) is 4.57. The van der Waals surface area contributed by atoms with E-state index in [9.17, 15) is 19.8 Å². The van der Waals surface area contributed by atoms with Gasteiger partial charge in [0.1, 0.15) is 17.1 Å². The molecule has 0 unspecified atom stereocenters. The summed E-state index contributed by atoms with van der Waals surface area (Å²) >= 11 is 5.98. The predicted octanol–water partition coefficient (Wildman–Crippen LogP) is 6.36. The highest BCUT2D eigenvalue weighted by molar-refractivity contribution is 6.33. The Hall–Kier alpha value is -3.62. The number of pyridine rings is 1. The molecule has 1 aliphatic rings. The van der Waals surface area contributed by atoms with Crippen LogP contribution in [0.4, 0.5) is 4.79 Å². The van der Waals surface area contributed by atoms with Crippen LogP contribution in [0.15, 0.2) is 54.7 Å². The van der Waals surface area contributed by atoms with E-state index >= 15 is 0 Å². The Bertz CT molecular complexity index is 1350. The molecule has 206 valence electrons. The van der Waals surface area contributed by atoms with E-state index in [1.165, 1.54) is 12.1 Å². The number of hydrogen-bond donors (Lipinski definition) is 2. The molecule has 4 rings (SSSR count). The van der Waals surface area contributed by atoms with Crippen molar-refractivity contribution in [2.24, 2.45) is 0 Å². The van der Waals surface area contributed by atoms with E-state index in [0.717, 1.165) is 23.2 Å². The van der Waals surface area contributed by atoms with E-state index in [1.54, 1.807) is 17.2 Å². The van der Waals surface area contributed by atoms with Crippen molar-refractivity contribution in [3.05, 3.63) is 87.7 Å². The lowest BCUT2D eigenvalue weighted by Crippen LogP contribution is -2.47. The van der Waals surface area contributed by atoms with Gasteiger partial charge >= 0.3 is 12.1 Å². The number of ether oxygens (including phenoxy) is 2. The van der Waals surface area contributed by atoms with Crippen LogP contribution >= 0.6 is 11.6 Å². The molecule has 0 fully saturated rings. The quantitative estimate of drug-likeness (QED) is 0.351. The summed E-state index contributed by atoms with van der Waals surface area (Å²) < 4.78 is 11.7. The second-order valence-corrected chi connectivity index (χ2v) is 11.2. The van der Waals surface area contributed by atoms with Gasteiger partial charge in [-0.15, -0.1) is 0 Å². The van der Waals surface area contributed by atoms with Crippen molar-refractivity contribution in [2.75, 3.05) is 6.54 Å². The first kappa shape index (κ1) is 28.4. The van der Waals surface area contributed by atoms with Gasteiger partial charge in [-0.2, -0.15) is 0 Å². The van der Waals surface area contributed by atoms with Gasteiger partial charge in [-0.25, -0.2) is 9.59 Å². The number of fused-ring (bicyclic) bond motifs is 1. The van der Waals surface area contributed by atoms with Gasteiger partial charge in [0.15, 0.2) is 0 Å². The smallest absolute Gasteiger partial charge is 0.410 e. The van der Waals surface area contributed by atoms with Crippen LogP contribution in [0.5, 0.6) is 11.5 Å². The number of aryl methyl sites for hydroxylation is 2. The third kappa shape index (κ3) is 7.28. The topological polar surface area (TPSA) is 109 Å². The molecule has 3 aromatic rings. The average molecular weight is 553 g/mol. The number of carbonyl (C=O) groups is 2. The maximum Gasteiger partial charge on any atom is 0.410 e. The molecule has 8 nitrogen and oxygen atoms in total. The van der Waals surface area contributed by atoms with Gasteiger partial charge in [0, 0.05) is 23.5 Å². The normalized spacial score (nSPS) is 15.7. The van der Waals surface area contributed by atoms with Crippen molar-refractivity contribution in [1.29, 1.82) is 0 Å². The van der Waals surface area contributed by atoms with Crippen molar-refractivity contribution in [1.82, 2.24) is 9.88 Å². The van der Waals surface area contributed by atoms with E-state index in [-0.39, 0.29) is 23.2 Å². The molecule has 1 heterocycles. The number of benzene rings is 2. The SMILES string of the molecule is Cc1ccc([C@H](O)CN(C(=O)OC(C)(C)C)[C@H]2CCc3ccc(Oc4ccc(Cl)c(C(=O)O)c4)cc3C2)cn1. The Labute approximate surface area is 233 Å². The monoisotopic (exact) mass is 552 g/mol. The minimum absolute atomic E-state index is 0.0393. The number of nitrogens with zero attached hydrogens (tertiary/aromatic N) is 2. The summed E-state index contributed by atoms with van der Waals surface area (Å²) in [5, 5.41) is 20.5. The number of aliphatic hydroxyl groups is 1. The summed E-state index contributed by atoms with van der Waals surface area (Å²) in [4.78, 5) is 30.6. The predicted molar refractivity (Wildman–Crippen MR) is 148 cm³/mol. The van der Waals surface area contributed by atoms with Crippen molar-refractivity contribution >= 4 is 23.7 Å². The zero-order chi connectivity index (χ0) is 28.3. The van der Waals surface area contributed by atoms with Gasteiger partial charge < -0.3 is 24.6 Å². The molecule has 0 saturated carbocycles. The molecule has 2 aromatic carbocycles. The van der Waals surface area contributed by atoms with Crippen molar-refractivity contribution in [3.63, 3.8) is 0 Å². The standard InChI is InChI=1S/C30H33ClN2O6/c1-18-5-6-20(16-32-18)27(34)17-33(29(37)39-30(2,3)4)22-9-7-19-8-10-23(14-21(19)13-22)38-24-11-12-26(31)25(15-24)28(35)36/h5-6,8,10-12,14-16,22,27,34H,7,9,13,17H2,1-4H3,(H,35,36)/t22-,27+/m0/s1. The molecule has 1 aromatic heterocycles. The zero-order valence-electron chi connectivity index (χ0n) is 22.5. The van der Waals surface area contributed by atoms with Crippen LogP contribution in [0.25, 0.3) is 0 Å². The van der Waals surface area contributed by atoms with Gasteiger partial charge in [-0.05, 0) is 94.5 Å². The minimum Gasteiger partial charge on any atom is -0.478 e. The highest BCUT2D eigenvalue weighted by Gasteiger charge is 2.33. The van der Waals surface area contributed by atoms with Gasteiger partial charge in [0.2, 0.25) is 0 Å². The Morgan fingerprint density at radius 1 is 1.10 bits per heavy atom. The molecule has 0 aliphatic heterocycles. The average Bonchev–Trinajstić information content (AvgIpc) is 2.87. The van der Waals surface area contributed by atoms with E-state index in [4.69, 9.17) is 21.1 Å². The first-order valence-electron chi connectivity index (χ1n) is 12.8. The van der Waals surface area contributed by atoms with Gasteiger partial charge in [-0.3, -0.25) is 4.98 Å². The zero-order valence-corrected chi connectivity index (χ0v) is 23.2. The number of rotatable bonds is 7. The third-order valence-corrected chi connectivity index (χ3v) is 6.87. The number of halogens is 1. The summed E-state index contributed by atoms with van der Waals surface area (Å²) in [6.45, 7) is 7.39. The molecule has 0 bridgehead atoms. The molecule has 2 atom stereocenters. The van der Waals surface area contributed by atoms with Crippen molar-refractivity contribution < 1.29 is 29.3 Å². The van der Waals surface area contributed by atoms with Crippen LogP contribution in [0.2, 0.25) is 5.02 Å². The largest absolute Gasteiger partial charge is 0.478 e. The van der Waals surface area contributed by atoms with Gasteiger partial charge in [0.05, 0.1) is 23.2 Å². The van der Waals surface area contributed by atoms with E-state index in [0.29, 0.717) is 29.9 Å². The maximum absolute atomic E-state index is 13.3.